The van der Waals surface area contributed by atoms with Gasteiger partial charge in [-0.15, -0.1) is 0 Å². The van der Waals surface area contributed by atoms with Gasteiger partial charge in [0.25, 0.3) is 0 Å². The minimum Gasteiger partial charge on any atom is -0.396 e. The Hall–Kier alpha value is -1.48. The molecule has 0 fully saturated rings. The SMILES string of the molecule is OCCc1ccc2nccnc2c1. The van der Waals surface area contributed by atoms with Gasteiger partial charge >= 0.3 is 0 Å². The van der Waals surface area contributed by atoms with Crippen LogP contribution >= 0.6 is 0 Å². The molecular formula is C10H10N2O. The Morgan fingerprint density at radius 1 is 1.08 bits per heavy atom. The van der Waals surface area contributed by atoms with Crippen molar-refractivity contribution in [2.45, 2.75) is 6.42 Å². The molecule has 66 valence electrons. The van der Waals surface area contributed by atoms with E-state index < -0.39 is 0 Å². The molecule has 0 amide bonds. The fourth-order valence-corrected chi connectivity index (χ4v) is 1.29. The van der Waals surface area contributed by atoms with Crippen LogP contribution < -0.4 is 0 Å². The van der Waals surface area contributed by atoms with Crippen molar-refractivity contribution in [1.82, 2.24) is 9.97 Å². The van der Waals surface area contributed by atoms with Gasteiger partial charge in [0.15, 0.2) is 0 Å². The first kappa shape index (κ1) is 8.13. The van der Waals surface area contributed by atoms with Gasteiger partial charge in [0.2, 0.25) is 0 Å². The van der Waals surface area contributed by atoms with E-state index in [4.69, 9.17) is 5.11 Å². The third-order valence-corrected chi connectivity index (χ3v) is 1.93. The minimum atomic E-state index is 0.172. The molecule has 1 heterocycles. The molecule has 0 unspecified atom stereocenters. The van der Waals surface area contributed by atoms with Gasteiger partial charge in [0.05, 0.1) is 11.0 Å². The zero-order chi connectivity index (χ0) is 9.10. The van der Waals surface area contributed by atoms with Crippen molar-refractivity contribution in [2.24, 2.45) is 0 Å². The molecule has 1 aromatic carbocycles. The van der Waals surface area contributed by atoms with Crippen LogP contribution in [0.15, 0.2) is 30.6 Å². The highest BCUT2D eigenvalue weighted by Gasteiger charge is 1.96. The number of fused-ring (bicyclic) bond motifs is 1. The average molecular weight is 174 g/mol. The quantitative estimate of drug-likeness (QED) is 0.743. The molecule has 3 nitrogen and oxygen atoms in total. The first-order valence-electron chi connectivity index (χ1n) is 4.20. The maximum atomic E-state index is 8.76. The summed E-state index contributed by atoms with van der Waals surface area (Å²) in [6.07, 6.45) is 4.02. The Balaban J connectivity index is 2.49. The van der Waals surface area contributed by atoms with Crippen molar-refractivity contribution in [3.8, 4) is 0 Å². The highest BCUT2D eigenvalue weighted by molar-refractivity contribution is 5.74. The summed E-state index contributed by atoms with van der Waals surface area (Å²) in [7, 11) is 0. The molecular weight excluding hydrogens is 164 g/mol. The second-order valence-electron chi connectivity index (χ2n) is 2.85. The third kappa shape index (κ3) is 1.65. The first-order valence-corrected chi connectivity index (χ1v) is 4.20. The van der Waals surface area contributed by atoms with Crippen molar-refractivity contribution in [1.29, 1.82) is 0 Å². The predicted molar refractivity (Wildman–Crippen MR) is 50.3 cm³/mol. The Bertz CT molecular complexity index is 414. The van der Waals surface area contributed by atoms with E-state index in [0.717, 1.165) is 16.6 Å². The van der Waals surface area contributed by atoms with Crippen molar-refractivity contribution < 1.29 is 5.11 Å². The minimum absolute atomic E-state index is 0.172. The van der Waals surface area contributed by atoms with Gasteiger partial charge in [0.1, 0.15) is 0 Å². The van der Waals surface area contributed by atoms with Crippen LogP contribution in [0.2, 0.25) is 0 Å². The van der Waals surface area contributed by atoms with Crippen LogP contribution in [-0.2, 0) is 6.42 Å². The molecule has 2 aromatic rings. The van der Waals surface area contributed by atoms with Crippen molar-refractivity contribution in [3.05, 3.63) is 36.2 Å². The Labute approximate surface area is 76.1 Å². The van der Waals surface area contributed by atoms with Crippen LogP contribution in [0.5, 0.6) is 0 Å². The fraction of sp³-hybridized carbons (Fsp3) is 0.200. The van der Waals surface area contributed by atoms with Crippen molar-refractivity contribution >= 4 is 11.0 Å². The monoisotopic (exact) mass is 174 g/mol. The van der Waals surface area contributed by atoms with Gasteiger partial charge in [0, 0.05) is 19.0 Å². The van der Waals surface area contributed by atoms with Crippen LogP contribution in [0.4, 0.5) is 0 Å². The van der Waals surface area contributed by atoms with Crippen LogP contribution in [0.1, 0.15) is 5.56 Å². The maximum absolute atomic E-state index is 8.76. The molecule has 0 saturated carbocycles. The van der Waals surface area contributed by atoms with E-state index in [9.17, 15) is 0 Å². The van der Waals surface area contributed by atoms with Gasteiger partial charge in [-0.05, 0) is 24.1 Å². The molecule has 0 aliphatic carbocycles. The van der Waals surface area contributed by atoms with Crippen LogP contribution in [-0.4, -0.2) is 21.7 Å². The summed E-state index contributed by atoms with van der Waals surface area (Å²) in [6, 6.07) is 5.85. The zero-order valence-electron chi connectivity index (χ0n) is 7.14. The number of hydrogen-bond acceptors (Lipinski definition) is 3. The van der Waals surface area contributed by atoms with Gasteiger partial charge in [-0.1, -0.05) is 6.07 Å². The number of rotatable bonds is 2. The smallest absolute Gasteiger partial charge is 0.0889 e. The summed E-state index contributed by atoms with van der Waals surface area (Å²) in [6.45, 7) is 0.172. The van der Waals surface area contributed by atoms with E-state index in [-0.39, 0.29) is 6.61 Å². The molecule has 3 heteroatoms. The first-order chi connectivity index (χ1) is 6.40. The number of hydrogen-bond donors (Lipinski definition) is 1. The van der Waals surface area contributed by atoms with E-state index in [1.807, 2.05) is 18.2 Å². The van der Waals surface area contributed by atoms with E-state index in [0.29, 0.717) is 6.42 Å². The topological polar surface area (TPSA) is 46.0 Å². The lowest BCUT2D eigenvalue weighted by Gasteiger charge is -1.99. The van der Waals surface area contributed by atoms with Crippen molar-refractivity contribution in [2.75, 3.05) is 6.61 Å². The molecule has 0 radical (unpaired) electrons. The number of aromatic nitrogens is 2. The summed E-state index contributed by atoms with van der Waals surface area (Å²) in [5.74, 6) is 0. The second-order valence-corrected chi connectivity index (χ2v) is 2.85. The van der Waals surface area contributed by atoms with E-state index in [1.165, 1.54) is 0 Å². The molecule has 0 spiro atoms. The third-order valence-electron chi connectivity index (χ3n) is 1.93. The highest BCUT2D eigenvalue weighted by Crippen LogP contribution is 2.10. The normalized spacial score (nSPS) is 10.5. The molecule has 0 atom stereocenters. The summed E-state index contributed by atoms with van der Waals surface area (Å²) in [5, 5.41) is 8.76. The Morgan fingerprint density at radius 2 is 1.85 bits per heavy atom. The number of aliphatic hydroxyl groups excluding tert-OH is 1. The molecule has 2 rings (SSSR count). The molecule has 0 bridgehead atoms. The van der Waals surface area contributed by atoms with Crippen LogP contribution in [0.25, 0.3) is 11.0 Å². The van der Waals surface area contributed by atoms with Crippen molar-refractivity contribution in [3.63, 3.8) is 0 Å². The Kier molecular flexibility index (Phi) is 2.19. The van der Waals surface area contributed by atoms with Gasteiger partial charge < -0.3 is 5.11 Å². The molecule has 1 N–H and O–H groups in total. The van der Waals surface area contributed by atoms with E-state index >= 15 is 0 Å². The lowest BCUT2D eigenvalue weighted by atomic mass is 10.1. The average Bonchev–Trinajstić information content (AvgIpc) is 2.18. The van der Waals surface area contributed by atoms with E-state index in [1.54, 1.807) is 12.4 Å². The summed E-state index contributed by atoms with van der Waals surface area (Å²) >= 11 is 0. The lowest BCUT2D eigenvalue weighted by Crippen LogP contribution is -1.91. The zero-order valence-corrected chi connectivity index (χ0v) is 7.14. The maximum Gasteiger partial charge on any atom is 0.0889 e. The molecule has 0 aliphatic heterocycles. The van der Waals surface area contributed by atoms with Gasteiger partial charge in [-0.25, -0.2) is 0 Å². The number of nitrogens with zero attached hydrogens (tertiary/aromatic N) is 2. The van der Waals surface area contributed by atoms with Crippen LogP contribution in [0.3, 0.4) is 0 Å². The molecule has 0 saturated heterocycles. The highest BCUT2D eigenvalue weighted by atomic mass is 16.2. The second kappa shape index (κ2) is 3.49. The van der Waals surface area contributed by atoms with Crippen LogP contribution in [0, 0.1) is 0 Å². The molecule has 1 aromatic heterocycles. The number of benzene rings is 1. The lowest BCUT2D eigenvalue weighted by molar-refractivity contribution is 0.299. The standard InChI is InChI=1S/C10H10N2O/c13-6-3-8-1-2-9-10(7-8)12-5-4-11-9/h1-2,4-5,7,13H,3,6H2. The predicted octanol–water partition coefficient (Wildman–Crippen LogP) is 1.16. The van der Waals surface area contributed by atoms with E-state index in [2.05, 4.69) is 9.97 Å². The summed E-state index contributed by atoms with van der Waals surface area (Å²) in [4.78, 5) is 8.34. The summed E-state index contributed by atoms with van der Waals surface area (Å²) in [5.41, 5.74) is 2.87. The summed E-state index contributed by atoms with van der Waals surface area (Å²) < 4.78 is 0. The number of aliphatic hydroxyl groups is 1. The Morgan fingerprint density at radius 3 is 2.62 bits per heavy atom. The van der Waals surface area contributed by atoms with Gasteiger partial charge in [-0.3, -0.25) is 9.97 Å². The molecule has 0 aliphatic rings. The fourth-order valence-electron chi connectivity index (χ4n) is 1.29. The van der Waals surface area contributed by atoms with Gasteiger partial charge in [-0.2, -0.15) is 0 Å². The molecule has 13 heavy (non-hydrogen) atoms. The largest absolute Gasteiger partial charge is 0.396 e.